The standard InChI is InChI=1S/C15H15N3O3/c1-3-11-10(7-16)12(9-5-4-6-18-8-9)13(14(17)21-11)15(19)20-2/h4-6,8,12H,3,17H2,1-2H3/t12-/m1/s1. The minimum absolute atomic E-state index is 0.0356. The topological polar surface area (TPSA) is 98.2 Å². The molecule has 21 heavy (non-hydrogen) atoms. The largest absolute Gasteiger partial charge is 0.465 e. The molecule has 1 aromatic heterocycles. The van der Waals surface area contributed by atoms with Crippen LogP contribution in [0.1, 0.15) is 24.8 Å². The minimum atomic E-state index is -0.625. The maximum atomic E-state index is 12.0. The summed E-state index contributed by atoms with van der Waals surface area (Å²) in [7, 11) is 1.26. The quantitative estimate of drug-likeness (QED) is 0.849. The van der Waals surface area contributed by atoms with Crippen molar-refractivity contribution in [2.45, 2.75) is 19.3 Å². The van der Waals surface area contributed by atoms with Crippen LogP contribution >= 0.6 is 0 Å². The summed E-state index contributed by atoms with van der Waals surface area (Å²) in [5, 5.41) is 9.46. The second kappa shape index (κ2) is 6.09. The van der Waals surface area contributed by atoms with E-state index in [1.165, 1.54) is 7.11 Å². The molecule has 0 aromatic carbocycles. The number of pyridine rings is 1. The SMILES string of the molecule is CCC1=C(C#N)[C@@H](c2cccnc2)C(C(=O)OC)=C(N)O1. The minimum Gasteiger partial charge on any atom is -0.465 e. The highest BCUT2D eigenvalue weighted by Crippen LogP contribution is 2.39. The van der Waals surface area contributed by atoms with Crippen LogP contribution in [0.25, 0.3) is 0 Å². The van der Waals surface area contributed by atoms with Gasteiger partial charge in [0.2, 0.25) is 5.88 Å². The van der Waals surface area contributed by atoms with Gasteiger partial charge in [-0.1, -0.05) is 13.0 Å². The zero-order valence-corrected chi connectivity index (χ0v) is 11.8. The van der Waals surface area contributed by atoms with Crippen LogP contribution in [0.5, 0.6) is 0 Å². The molecule has 0 radical (unpaired) electrons. The number of esters is 1. The summed E-state index contributed by atoms with van der Waals surface area (Å²) in [6, 6.07) is 5.63. The smallest absolute Gasteiger partial charge is 0.340 e. The Morgan fingerprint density at radius 2 is 2.38 bits per heavy atom. The molecule has 0 saturated carbocycles. The molecule has 6 nitrogen and oxygen atoms in total. The predicted molar refractivity (Wildman–Crippen MR) is 74.2 cm³/mol. The molecule has 0 saturated heterocycles. The van der Waals surface area contributed by atoms with E-state index < -0.39 is 11.9 Å². The van der Waals surface area contributed by atoms with Crippen molar-refractivity contribution in [1.29, 1.82) is 5.26 Å². The van der Waals surface area contributed by atoms with Gasteiger partial charge in [0, 0.05) is 18.8 Å². The molecular weight excluding hydrogens is 270 g/mol. The Labute approximate surface area is 122 Å². The van der Waals surface area contributed by atoms with Gasteiger partial charge in [0.15, 0.2) is 0 Å². The summed E-state index contributed by atoms with van der Waals surface area (Å²) in [4.78, 5) is 16.1. The molecular formula is C15H15N3O3. The Bertz CT molecular complexity index is 656. The van der Waals surface area contributed by atoms with Crippen LogP contribution in [0.4, 0.5) is 0 Å². The second-order valence-electron chi connectivity index (χ2n) is 4.39. The molecule has 0 unspecified atom stereocenters. The first-order valence-corrected chi connectivity index (χ1v) is 6.42. The van der Waals surface area contributed by atoms with Crippen LogP contribution in [0.3, 0.4) is 0 Å². The Hall–Kier alpha value is -2.81. The van der Waals surface area contributed by atoms with E-state index in [-0.39, 0.29) is 11.5 Å². The molecule has 1 aliphatic heterocycles. The molecule has 1 aromatic rings. The molecule has 6 heteroatoms. The van der Waals surface area contributed by atoms with E-state index in [1.54, 1.807) is 24.5 Å². The zero-order valence-electron chi connectivity index (χ0n) is 11.8. The lowest BCUT2D eigenvalue weighted by molar-refractivity contribution is -0.136. The predicted octanol–water partition coefficient (Wildman–Crippen LogP) is 1.73. The normalized spacial score (nSPS) is 18.0. The number of hydrogen-bond acceptors (Lipinski definition) is 6. The van der Waals surface area contributed by atoms with Crippen molar-refractivity contribution in [3.63, 3.8) is 0 Å². The molecule has 2 rings (SSSR count). The molecule has 0 amide bonds. The van der Waals surface area contributed by atoms with Gasteiger partial charge in [-0.05, 0) is 11.6 Å². The fraction of sp³-hybridized carbons (Fsp3) is 0.267. The van der Waals surface area contributed by atoms with E-state index in [9.17, 15) is 10.1 Å². The van der Waals surface area contributed by atoms with Gasteiger partial charge in [-0.2, -0.15) is 5.26 Å². The van der Waals surface area contributed by atoms with Gasteiger partial charge in [-0.15, -0.1) is 0 Å². The van der Waals surface area contributed by atoms with Crippen LogP contribution in [0, 0.1) is 11.3 Å². The molecule has 1 atom stereocenters. The second-order valence-corrected chi connectivity index (χ2v) is 4.39. The Kier molecular flexibility index (Phi) is 4.24. The molecule has 0 bridgehead atoms. The summed E-state index contributed by atoms with van der Waals surface area (Å²) in [6.07, 6.45) is 3.70. The average molecular weight is 285 g/mol. The van der Waals surface area contributed by atoms with Gasteiger partial charge in [0.05, 0.1) is 24.7 Å². The van der Waals surface area contributed by atoms with Crippen molar-refractivity contribution < 1.29 is 14.3 Å². The third-order valence-electron chi connectivity index (χ3n) is 3.24. The lowest BCUT2D eigenvalue weighted by atomic mass is 9.83. The van der Waals surface area contributed by atoms with Gasteiger partial charge >= 0.3 is 5.97 Å². The number of aromatic nitrogens is 1. The summed E-state index contributed by atoms with van der Waals surface area (Å²) in [6.45, 7) is 1.85. The van der Waals surface area contributed by atoms with E-state index >= 15 is 0 Å². The zero-order chi connectivity index (χ0) is 15.4. The molecule has 0 aliphatic carbocycles. The fourth-order valence-corrected chi connectivity index (χ4v) is 2.29. The molecule has 108 valence electrons. The number of hydrogen-bond donors (Lipinski definition) is 1. The number of nitriles is 1. The van der Waals surface area contributed by atoms with E-state index in [1.807, 2.05) is 6.92 Å². The highest BCUT2D eigenvalue weighted by Gasteiger charge is 2.36. The van der Waals surface area contributed by atoms with E-state index in [2.05, 4.69) is 11.1 Å². The first kappa shape index (κ1) is 14.6. The summed E-state index contributed by atoms with van der Waals surface area (Å²) < 4.78 is 10.2. The first-order chi connectivity index (χ1) is 10.1. The van der Waals surface area contributed by atoms with Crippen molar-refractivity contribution >= 4 is 5.97 Å². The van der Waals surface area contributed by atoms with Gasteiger partial charge in [0.25, 0.3) is 0 Å². The number of methoxy groups -OCH3 is 1. The molecule has 2 N–H and O–H groups in total. The number of carbonyl (C=O) groups is 1. The van der Waals surface area contributed by atoms with Crippen molar-refractivity contribution in [3.05, 3.63) is 52.9 Å². The van der Waals surface area contributed by atoms with E-state index in [0.29, 0.717) is 23.3 Å². The maximum Gasteiger partial charge on any atom is 0.340 e. The van der Waals surface area contributed by atoms with Crippen LogP contribution < -0.4 is 5.73 Å². The van der Waals surface area contributed by atoms with Crippen molar-refractivity contribution in [2.75, 3.05) is 7.11 Å². The first-order valence-electron chi connectivity index (χ1n) is 6.42. The van der Waals surface area contributed by atoms with Crippen LogP contribution in [-0.2, 0) is 14.3 Å². The van der Waals surface area contributed by atoms with Gasteiger partial charge in [-0.3, -0.25) is 4.98 Å². The maximum absolute atomic E-state index is 12.0. The van der Waals surface area contributed by atoms with Gasteiger partial charge < -0.3 is 15.2 Å². The lowest BCUT2D eigenvalue weighted by Crippen LogP contribution is -2.26. The lowest BCUT2D eigenvalue weighted by Gasteiger charge is -2.27. The average Bonchev–Trinajstić information content (AvgIpc) is 2.53. The molecule has 1 aliphatic rings. The Balaban J connectivity index is 2.65. The Morgan fingerprint density at radius 1 is 1.62 bits per heavy atom. The number of ether oxygens (including phenoxy) is 2. The highest BCUT2D eigenvalue weighted by molar-refractivity contribution is 5.92. The van der Waals surface area contributed by atoms with Crippen LogP contribution in [0.15, 0.2) is 47.3 Å². The van der Waals surface area contributed by atoms with Crippen LogP contribution in [-0.4, -0.2) is 18.1 Å². The van der Waals surface area contributed by atoms with Gasteiger partial charge in [-0.25, -0.2) is 4.79 Å². The molecule has 0 fully saturated rings. The monoisotopic (exact) mass is 285 g/mol. The number of nitrogens with two attached hydrogens (primary N) is 1. The molecule has 2 heterocycles. The number of rotatable bonds is 3. The summed E-state index contributed by atoms with van der Waals surface area (Å²) in [5.41, 5.74) is 7.02. The summed E-state index contributed by atoms with van der Waals surface area (Å²) in [5.74, 6) is -0.827. The number of carbonyl (C=O) groups excluding carboxylic acids is 1. The van der Waals surface area contributed by atoms with Gasteiger partial charge in [0.1, 0.15) is 11.3 Å². The number of allylic oxidation sites excluding steroid dienone is 2. The van der Waals surface area contributed by atoms with E-state index in [0.717, 1.165) is 0 Å². The van der Waals surface area contributed by atoms with Crippen molar-refractivity contribution in [3.8, 4) is 6.07 Å². The number of nitrogens with zero attached hydrogens (tertiary/aromatic N) is 2. The van der Waals surface area contributed by atoms with Crippen LogP contribution in [0.2, 0.25) is 0 Å². The fourth-order valence-electron chi connectivity index (χ4n) is 2.29. The third-order valence-corrected chi connectivity index (χ3v) is 3.24. The van der Waals surface area contributed by atoms with Crippen molar-refractivity contribution in [2.24, 2.45) is 5.73 Å². The van der Waals surface area contributed by atoms with Crippen molar-refractivity contribution in [1.82, 2.24) is 4.98 Å². The molecule has 0 spiro atoms. The highest BCUT2D eigenvalue weighted by atomic mass is 16.5. The van der Waals surface area contributed by atoms with E-state index in [4.69, 9.17) is 15.2 Å². The third kappa shape index (κ3) is 2.58. The summed E-state index contributed by atoms with van der Waals surface area (Å²) >= 11 is 0. The Morgan fingerprint density at radius 3 is 2.90 bits per heavy atom.